The maximum Gasteiger partial charge on any atom is 0.307 e. The van der Waals surface area contributed by atoms with Gasteiger partial charge in [-0.1, -0.05) is 13.8 Å². The van der Waals surface area contributed by atoms with E-state index >= 15 is 0 Å². The van der Waals surface area contributed by atoms with Gasteiger partial charge in [-0.15, -0.1) is 0 Å². The van der Waals surface area contributed by atoms with E-state index in [0.717, 1.165) is 5.69 Å². The molecule has 4 N–H and O–H groups in total. The number of hydrogen-bond donors (Lipinski definition) is 3. The maximum absolute atomic E-state index is 12.6. The second-order valence-corrected chi connectivity index (χ2v) is 8.10. The van der Waals surface area contributed by atoms with Gasteiger partial charge in [0.15, 0.2) is 0 Å². The molecule has 1 atom stereocenters. The Morgan fingerprint density at radius 3 is 2.45 bits per heavy atom. The van der Waals surface area contributed by atoms with Gasteiger partial charge in [-0.2, -0.15) is 0 Å². The number of nitrogens with zero attached hydrogens (tertiary/aromatic N) is 2. The van der Waals surface area contributed by atoms with Crippen LogP contribution in [0.5, 0.6) is 0 Å². The Morgan fingerprint density at radius 1 is 1.23 bits per heavy atom. The monoisotopic (exact) mass is 431 g/mol. The van der Waals surface area contributed by atoms with Crippen molar-refractivity contribution in [3.8, 4) is 0 Å². The van der Waals surface area contributed by atoms with Crippen LogP contribution in [0.4, 0.5) is 5.69 Å². The fraction of sp³-hybridized carbons (Fsp3) is 0.545. The van der Waals surface area contributed by atoms with Crippen molar-refractivity contribution in [2.75, 3.05) is 37.7 Å². The molecule has 1 aliphatic rings. The quantitative estimate of drug-likeness (QED) is 0.289. The Morgan fingerprint density at radius 2 is 1.90 bits per heavy atom. The van der Waals surface area contributed by atoms with Crippen molar-refractivity contribution in [2.24, 2.45) is 11.7 Å². The van der Waals surface area contributed by atoms with Gasteiger partial charge >= 0.3 is 5.97 Å². The van der Waals surface area contributed by atoms with E-state index < -0.39 is 0 Å². The number of esters is 1. The molecular weight excluding hydrogens is 398 g/mol. The number of hydrogen-bond acceptors (Lipinski definition) is 6. The summed E-state index contributed by atoms with van der Waals surface area (Å²) in [5.41, 5.74) is 6.97. The Hall–Kier alpha value is -3.10. The average Bonchev–Trinajstić information content (AvgIpc) is 2.69. The highest BCUT2D eigenvalue weighted by Crippen LogP contribution is 2.18. The number of piperazine rings is 1. The molecule has 1 aliphatic heterocycles. The third-order valence-corrected chi connectivity index (χ3v) is 5.04. The van der Waals surface area contributed by atoms with Crippen molar-refractivity contribution >= 4 is 29.3 Å². The molecule has 9 heteroatoms. The summed E-state index contributed by atoms with van der Waals surface area (Å²) in [6.07, 6.45) is 0.776. The summed E-state index contributed by atoms with van der Waals surface area (Å²) in [6.45, 7) is 7.25. The molecule has 0 saturated carbocycles. The lowest BCUT2D eigenvalue weighted by Crippen LogP contribution is -2.54. The SMILES string of the molecule is CCOC(=O)CC(CC(C)C)NC(=O)CN1CCN(c2ccc(C(=N)N)cc2)CC1=O. The zero-order valence-electron chi connectivity index (χ0n) is 18.5. The predicted molar refractivity (Wildman–Crippen MR) is 119 cm³/mol. The van der Waals surface area contributed by atoms with Gasteiger partial charge in [0.1, 0.15) is 5.84 Å². The van der Waals surface area contributed by atoms with Crippen LogP contribution < -0.4 is 16.0 Å². The number of carbonyl (C=O) groups is 3. The van der Waals surface area contributed by atoms with E-state index in [2.05, 4.69) is 5.32 Å². The predicted octanol–water partition coefficient (Wildman–Crippen LogP) is 1.10. The highest BCUT2D eigenvalue weighted by atomic mass is 16.5. The highest BCUT2D eigenvalue weighted by molar-refractivity contribution is 5.95. The molecule has 31 heavy (non-hydrogen) atoms. The first-order chi connectivity index (χ1) is 14.7. The lowest BCUT2D eigenvalue weighted by Gasteiger charge is -2.35. The summed E-state index contributed by atoms with van der Waals surface area (Å²) in [6, 6.07) is 6.85. The largest absolute Gasteiger partial charge is 0.466 e. The first-order valence-electron chi connectivity index (χ1n) is 10.6. The van der Waals surface area contributed by atoms with E-state index in [1.807, 2.05) is 30.9 Å². The van der Waals surface area contributed by atoms with E-state index in [9.17, 15) is 14.4 Å². The number of nitrogens with two attached hydrogens (primary N) is 1. The zero-order valence-corrected chi connectivity index (χ0v) is 18.5. The topological polar surface area (TPSA) is 129 Å². The Bertz CT molecular complexity index is 794. The molecule has 0 aliphatic carbocycles. The number of nitrogens with one attached hydrogen (secondary N) is 2. The molecule has 1 heterocycles. The van der Waals surface area contributed by atoms with Crippen LogP contribution in [0, 0.1) is 11.3 Å². The number of nitrogen functional groups attached to an aromatic ring is 1. The molecule has 1 saturated heterocycles. The van der Waals surface area contributed by atoms with Crippen LogP contribution in [0.15, 0.2) is 24.3 Å². The number of amides is 2. The van der Waals surface area contributed by atoms with Crippen molar-refractivity contribution < 1.29 is 19.1 Å². The van der Waals surface area contributed by atoms with Crippen LogP contribution in [-0.2, 0) is 19.1 Å². The van der Waals surface area contributed by atoms with Crippen LogP contribution >= 0.6 is 0 Å². The van der Waals surface area contributed by atoms with Crippen molar-refractivity contribution in [1.82, 2.24) is 10.2 Å². The molecule has 2 amide bonds. The van der Waals surface area contributed by atoms with E-state index in [4.69, 9.17) is 15.9 Å². The smallest absolute Gasteiger partial charge is 0.307 e. The molecule has 170 valence electrons. The van der Waals surface area contributed by atoms with Gasteiger partial charge in [0, 0.05) is 30.4 Å². The second-order valence-electron chi connectivity index (χ2n) is 8.10. The van der Waals surface area contributed by atoms with Gasteiger partial charge in [-0.3, -0.25) is 19.8 Å². The van der Waals surface area contributed by atoms with Gasteiger partial charge < -0.3 is 25.6 Å². The second kappa shape index (κ2) is 11.3. The summed E-state index contributed by atoms with van der Waals surface area (Å²) < 4.78 is 5.00. The van der Waals surface area contributed by atoms with E-state index in [1.54, 1.807) is 19.1 Å². The van der Waals surface area contributed by atoms with E-state index in [1.165, 1.54) is 4.90 Å². The van der Waals surface area contributed by atoms with Gasteiger partial charge in [0.2, 0.25) is 11.8 Å². The number of rotatable bonds is 10. The highest BCUT2D eigenvalue weighted by Gasteiger charge is 2.27. The van der Waals surface area contributed by atoms with Gasteiger partial charge in [-0.25, -0.2) is 0 Å². The van der Waals surface area contributed by atoms with Crippen LogP contribution in [0.3, 0.4) is 0 Å². The number of carbonyl (C=O) groups excluding carboxylic acids is 3. The molecule has 0 spiro atoms. The van der Waals surface area contributed by atoms with Crippen molar-refractivity contribution in [3.63, 3.8) is 0 Å². The van der Waals surface area contributed by atoms with Crippen molar-refractivity contribution in [1.29, 1.82) is 5.41 Å². The summed E-state index contributed by atoms with van der Waals surface area (Å²) >= 11 is 0. The fourth-order valence-electron chi connectivity index (χ4n) is 3.58. The van der Waals surface area contributed by atoms with Crippen LogP contribution in [0.2, 0.25) is 0 Å². The van der Waals surface area contributed by atoms with E-state index in [-0.39, 0.29) is 49.2 Å². The van der Waals surface area contributed by atoms with Crippen LogP contribution in [0.25, 0.3) is 0 Å². The normalized spacial score (nSPS) is 15.0. The molecular formula is C22H33N5O4. The zero-order chi connectivity index (χ0) is 23.0. The number of ether oxygens (including phenoxy) is 1. The molecule has 0 bridgehead atoms. The molecule has 0 radical (unpaired) electrons. The average molecular weight is 432 g/mol. The number of benzene rings is 1. The maximum atomic E-state index is 12.6. The van der Waals surface area contributed by atoms with Gasteiger partial charge in [-0.05, 0) is 43.5 Å². The standard InChI is InChI=1S/C22H33N5O4/c1-4-31-21(30)12-17(11-15(2)3)25-19(28)13-27-10-9-26(14-20(27)29)18-7-5-16(6-8-18)22(23)24/h5-8,15,17H,4,9-14H2,1-3H3,(H3,23,24)(H,25,28). The molecule has 0 aromatic heterocycles. The summed E-state index contributed by atoms with van der Waals surface area (Å²) in [5, 5.41) is 10.3. The lowest BCUT2D eigenvalue weighted by atomic mass is 10.0. The third kappa shape index (κ3) is 7.58. The Balaban J connectivity index is 1.89. The Labute approximate surface area is 183 Å². The molecule has 1 fully saturated rings. The molecule has 1 aromatic carbocycles. The van der Waals surface area contributed by atoms with Crippen molar-refractivity contribution in [2.45, 2.75) is 39.7 Å². The van der Waals surface area contributed by atoms with Crippen molar-refractivity contribution in [3.05, 3.63) is 29.8 Å². The molecule has 1 unspecified atom stereocenters. The van der Waals surface area contributed by atoms with Gasteiger partial charge in [0.25, 0.3) is 0 Å². The third-order valence-electron chi connectivity index (χ3n) is 5.04. The fourth-order valence-corrected chi connectivity index (χ4v) is 3.58. The number of anilines is 1. The Kier molecular flexibility index (Phi) is 8.84. The summed E-state index contributed by atoms with van der Waals surface area (Å²) in [4.78, 5) is 40.4. The minimum absolute atomic E-state index is 0.00261. The first-order valence-corrected chi connectivity index (χ1v) is 10.6. The molecule has 1 aromatic rings. The van der Waals surface area contributed by atoms with Crippen LogP contribution in [0.1, 0.15) is 39.2 Å². The molecule has 9 nitrogen and oxygen atoms in total. The molecule has 2 rings (SSSR count). The summed E-state index contributed by atoms with van der Waals surface area (Å²) in [5.74, 6) is -0.448. The minimum Gasteiger partial charge on any atom is -0.466 e. The number of amidine groups is 1. The van der Waals surface area contributed by atoms with Gasteiger partial charge in [0.05, 0.1) is 26.1 Å². The minimum atomic E-state index is -0.339. The van der Waals surface area contributed by atoms with Crippen LogP contribution in [-0.4, -0.2) is 67.3 Å². The summed E-state index contributed by atoms with van der Waals surface area (Å²) in [7, 11) is 0. The lowest BCUT2D eigenvalue weighted by molar-refractivity contribution is -0.144. The first kappa shape index (κ1) is 24.2. The van der Waals surface area contributed by atoms with E-state index in [0.29, 0.717) is 37.6 Å².